The van der Waals surface area contributed by atoms with E-state index in [0.29, 0.717) is 0 Å². The molecule has 0 aliphatic carbocycles. The average Bonchev–Trinajstić information content (AvgIpc) is 2.69. The Morgan fingerprint density at radius 3 is 2.56 bits per heavy atom. The molecule has 1 aliphatic heterocycles. The van der Waals surface area contributed by atoms with Gasteiger partial charge in [-0.3, -0.25) is 4.99 Å². The molecule has 0 aromatic heterocycles. The number of hydrogen-bond donors (Lipinski definition) is 0. The Morgan fingerprint density at radius 2 is 1.78 bits per heavy atom. The van der Waals surface area contributed by atoms with E-state index < -0.39 is 0 Å². The van der Waals surface area contributed by atoms with Gasteiger partial charge >= 0.3 is 0 Å². The fourth-order valence-electron chi connectivity index (χ4n) is 2.40. The van der Waals surface area contributed by atoms with Crippen molar-refractivity contribution < 1.29 is 0 Å². The second-order valence-corrected chi connectivity index (χ2v) is 5.45. The molecule has 3 rings (SSSR count). The second kappa shape index (κ2) is 4.11. The van der Waals surface area contributed by atoms with Crippen LogP contribution in [0, 0.1) is 0 Å². The zero-order valence-electron chi connectivity index (χ0n) is 9.82. The largest absolute Gasteiger partial charge is 0.260 e. The van der Waals surface area contributed by atoms with Crippen LogP contribution >= 0.6 is 23.2 Å². The van der Waals surface area contributed by atoms with Crippen molar-refractivity contribution in [2.24, 2.45) is 4.99 Å². The lowest BCUT2D eigenvalue weighted by molar-refractivity contribution is 0.810. The highest BCUT2D eigenvalue weighted by atomic mass is 35.5. The van der Waals surface area contributed by atoms with Gasteiger partial charge in [-0.1, -0.05) is 41.4 Å². The lowest BCUT2D eigenvalue weighted by Gasteiger charge is -2.24. The van der Waals surface area contributed by atoms with Crippen LogP contribution in [0.4, 0.5) is 5.69 Å². The number of aliphatic imine (C=N–C) groups is 1. The highest BCUT2D eigenvalue weighted by molar-refractivity contribution is 6.32. The molecule has 1 unspecified atom stereocenters. The molecule has 0 saturated heterocycles. The van der Waals surface area contributed by atoms with Crippen LogP contribution in [0.2, 0.25) is 10.0 Å². The van der Waals surface area contributed by atoms with E-state index in [1.807, 2.05) is 48.7 Å². The maximum atomic E-state index is 6.31. The Kier molecular flexibility index (Phi) is 2.69. The van der Waals surface area contributed by atoms with Crippen LogP contribution in [0.3, 0.4) is 0 Å². The number of halogens is 2. The first kappa shape index (κ1) is 11.8. The minimum atomic E-state index is -0.307. The van der Waals surface area contributed by atoms with E-state index in [0.717, 1.165) is 26.9 Å². The fraction of sp³-hybridized carbons (Fsp3) is 0.133. The Morgan fingerprint density at radius 1 is 1.00 bits per heavy atom. The fourth-order valence-corrected chi connectivity index (χ4v) is 2.91. The van der Waals surface area contributed by atoms with E-state index in [1.165, 1.54) is 0 Å². The highest BCUT2D eigenvalue weighted by Crippen LogP contribution is 2.44. The Bertz CT molecular complexity index is 649. The van der Waals surface area contributed by atoms with Crippen molar-refractivity contribution in [3.63, 3.8) is 0 Å². The van der Waals surface area contributed by atoms with Gasteiger partial charge in [0.2, 0.25) is 0 Å². The van der Waals surface area contributed by atoms with Gasteiger partial charge in [-0.25, -0.2) is 0 Å². The van der Waals surface area contributed by atoms with Gasteiger partial charge in [0.05, 0.1) is 11.1 Å². The van der Waals surface area contributed by atoms with E-state index in [-0.39, 0.29) is 5.41 Å². The van der Waals surface area contributed by atoms with E-state index in [2.05, 4.69) is 11.9 Å². The molecule has 2 aromatic carbocycles. The summed E-state index contributed by atoms with van der Waals surface area (Å²) in [6.45, 7) is 2.11. The first-order chi connectivity index (χ1) is 8.61. The van der Waals surface area contributed by atoms with Gasteiger partial charge < -0.3 is 0 Å². The molecule has 90 valence electrons. The Hall–Kier alpha value is -1.31. The van der Waals surface area contributed by atoms with Gasteiger partial charge in [0.25, 0.3) is 0 Å². The van der Waals surface area contributed by atoms with Crippen LogP contribution in [0.15, 0.2) is 47.5 Å². The molecule has 0 radical (unpaired) electrons. The van der Waals surface area contributed by atoms with Gasteiger partial charge in [-0.15, -0.1) is 0 Å². The first-order valence-electron chi connectivity index (χ1n) is 5.71. The molecule has 3 heteroatoms. The summed E-state index contributed by atoms with van der Waals surface area (Å²) in [5, 5.41) is 1.47. The van der Waals surface area contributed by atoms with Crippen molar-refractivity contribution in [1.82, 2.24) is 0 Å². The van der Waals surface area contributed by atoms with Gasteiger partial charge in [0, 0.05) is 16.3 Å². The van der Waals surface area contributed by atoms with Gasteiger partial charge in [-0.2, -0.15) is 0 Å². The topological polar surface area (TPSA) is 12.4 Å². The van der Waals surface area contributed by atoms with E-state index >= 15 is 0 Å². The normalized spacial score (nSPS) is 21.1. The van der Waals surface area contributed by atoms with Crippen LogP contribution in [0.1, 0.15) is 18.1 Å². The number of fused-ring (bicyclic) bond motifs is 1. The van der Waals surface area contributed by atoms with E-state index in [4.69, 9.17) is 23.2 Å². The van der Waals surface area contributed by atoms with E-state index in [9.17, 15) is 0 Å². The summed E-state index contributed by atoms with van der Waals surface area (Å²) in [7, 11) is 0. The lowest BCUT2D eigenvalue weighted by atomic mass is 9.78. The smallest absolute Gasteiger partial charge is 0.0672 e. The van der Waals surface area contributed by atoms with Crippen molar-refractivity contribution in [3.05, 3.63) is 63.6 Å². The van der Waals surface area contributed by atoms with Gasteiger partial charge in [-0.05, 0) is 42.3 Å². The molecule has 0 saturated carbocycles. The Balaban J connectivity index is 2.23. The number of rotatable bonds is 1. The quantitative estimate of drug-likeness (QED) is 0.693. The van der Waals surface area contributed by atoms with Crippen molar-refractivity contribution >= 4 is 35.1 Å². The molecule has 1 aliphatic rings. The summed E-state index contributed by atoms with van der Waals surface area (Å²) in [6, 6.07) is 13.6. The predicted octanol–water partition coefficient (Wildman–Crippen LogP) is 5.02. The molecule has 0 N–H and O–H groups in total. The summed E-state index contributed by atoms with van der Waals surface area (Å²) >= 11 is 12.4. The third kappa shape index (κ3) is 1.66. The lowest BCUT2D eigenvalue weighted by Crippen LogP contribution is -2.23. The van der Waals surface area contributed by atoms with Crippen LogP contribution in [-0.2, 0) is 5.41 Å². The summed E-state index contributed by atoms with van der Waals surface area (Å²) in [6.07, 6.45) is 1.94. The van der Waals surface area contributed by atoms with Crippen LogP contribution in [0.5, 0.6) is 0 Å². The molecule has 1 nitrogen and oxygen atoms in total. The maximum Gasteiger partial charge on any atom is 0.0672 e. The van der Waals surface area contributed by atoms with E-state index in [1.54, 1.807) is 0 Å². The van der Waals surface area contributed by atoms with Crippen molar-refractivity contribution in [2.45, 2.75) is 12.3 Å². The molecular formula is C15H11Cl2N. The number of nitrogens with zero attached hydrogens (tertiary/aromatic N) is 1. The number of benzene rings is 2. The molecule has 0 amide bonds. The average molecular weight is 276 g/mol. The standard InChI is InChI=1S/C15H11Cl2N/c1-15(11-4-2-3-5-13(11)17)9-18-14-7-6-10(16)8-12(14)15/h2-9H,1H3. The summed E-state index contributed by atoms with van der Waals surface area (Å²) < 4.78 is 0. The SMILES string of the molecule is CC1(c2ccccc2Cl)C=Nc2ccc(Cl)cc21. The predicted molar refractivity (Wildman–Crippen MR) is 77.5 cm³/mol. The minimum absolute atomic E-state index is 0.307. The first-order valence-corrected chi connectivity index (χ1v) is 6.47. The zero-order valence-corrected chi connectivity index (χ0v) is 11.3. The van der Waals surface area contributed by atoms with Crippen LogP contribution < -0.4 is 0 Å². The maximum absolute atomic E-state index is 6.31. The monoisotopic (exact) mass is 275 g/mol. The molecule has 0 fully saturated rings. The van der Waals surface area contributed by atoms with Gasteiger partial charge in [0.15, 0.2) is 0 Å². The van der Waals surface area contributed by atoms with Crippen LogP contribution in [-0.4, -0.2) is 6.21 Å². The summed E-state index contributed by atoms with van der Waals surface area (Å²) in [4.78, 5) is 4.47. The van der Waals surface area contributed by atoms with Crippen molar-refractivity contribution in [3.8, 4) is 0 Å². The van der Waals surface area contributed by atoms with Crippen molar-refractivity contribution in [2.75, 3.05) is 0 Å². The molecule has 0 bridgehead atoms. The summed E-state index contributed by atoms with van der Waals surface area (Å²) in [5.41, 5.74) is 2.81. The summed E-state index contributed by atoms with van der Waals surface area (Å²) in [5.74, 6) is 0. The van der Waals surface area contributed by atoms with Crippen LogP contribution in [0.25, 0.3) is 0 Å². The zero-order chi connectivity index (χ0) is 12.8. The minimum Gasteiger partial charge on any atom is -0.260 e. The number of hydrogen-bond acceptors (Lipinski definition) is 1. The molecule has 1 atom stereocenters. The second-order valence-electron chi connectivity index (χ2n) is 4.60. The molecule has 1 heterocycles. The third-order valence-electron chi connectivity index (χ3n) is 3.41. The molecular weight excluding hydrogens is 265 g/mol. The third-order valence-corrected chi connectivity index (χ3v) is 3.98. The van der Waals surface area contributed by atoms with Crippen molar-refractivity contribution in [1.29, 1.82) is 0 Å². The molecule has 2 aromatic rings. The Labute approximate surface area is 116 Å². The van der Waals surface area contributed by atoms with Gasteiger partial charge in [0.1, 0.15) is 0 Å². The molecule has 18 heavy (non-hydrogen) atoms. The highest BCUT2D eigenvalue weighted by Gasteiger charge is 2.35. The molecule has 0 spiro atoms.